The zero-order chi connectivity index (χ0) is 23.4. The van der Waals surface area contributed by atoms with Crippen molar-refractivity contribution in [2.45, 2.75) is 56.3 Å². The zero-order valence-electron chi connectivity index (χ0n) is 17.4. The summed E-state index contributed by atoms with van der Waals surface area (Å²) < 4.78 is 0. The third-order valence-corrected chi connectivity index (χ3v) is 5.74. The van der Waals surface area contributed by atoms with Crippen LogP contribution in [0.15, 0.2) is 0 Å². The Bertz CT molecular complexity index is 659. The number of thioether (sulfide) groups is 1. The maximum atomic E-state index is 12.7. The van der Waals surface area contributed by atoms with E-state index in [0.29, 0.717) is 18.7 Å². The molecule has 1 fully saturated rings. The molecule has 11 nitrogen and oxygen atoms in total. The third-order valence-electron chi connectivity index (χ3n) is 4.73. The molecule has 0 aromatic rings. The number of carboxylic acid groups (broad SMARTS) is 1. The number of thiol groups is 1. The summed E-state index contributed by atoms with van der Waals surface area (Å²) in [7, 11) is 0. The molecule has 4 amide bonds. The van der Waals surface area contributed by atoms with Gasteiger partial charge in [0, 0.05) is 12.2 Å². The van der Waals surface area contributed by atoms with Crippen LogP contribution in [0.25, 0.3) is 0 Å². The van der Waals surface area contributed by atoms with Crippen LogP contribution in [-0.2, 0) is 24.0 Å². The fourth-order valence-corrected chi connectivity index (χ4v) is 3.70. The van der Waals surface area contributed by atoms with Crippen LogP contribution in [0.3, 0.4) is 0 Å². The second-order valence-corrected chi connectivity index (χ2v) is 8.49. The number of hydrogen-bond donors (Lipinski definition) is 7. The summed E-state index contributed by atoms with van der Waals surface area (Å²) in [4.78, 5) is 60.2. The summed E-state index contributed by atoms with van der Waals surface area (Å²) >= 11 is 5.53. The Hall–Kier alpha value is -1.99. The molecule has 1 saturated heterocycles. The largest absolute Gasteiger partial charge is 0.480 e. The van der Waals surface area contributed by atoms with Gasteiger partial charge < -0.3 is 32.1 Å². The smallest absolute Gasteiger partial charge is 0.326 e. The van der Waals surface area contributed by atoms with Gasteiger partial charge in [0.15, 0.2) is 0 Å². The summed E-state index contributed by atoms with van der Waals surface area (Å²) in [6, 6.07) is -3.73. The van der Waals surface area contributed by atoms with Gasteiger partial charge in [0.25, 0.3) is 0 Å². The standard InChI is InChI=1S/C18H31N5O6S2/c1-31-8-6-12(18(28)29)22-16(26)11(4-5-14(19)24)21-17(27)13(9-30)23-15(25)10-3-2-7-20-10/h10-13,20,30H,2-9H2,1H3,(H2,19,24)(H,21,27)(H,22,26)(H,23,25)(H,28,29). The van der Waals surface area contributed by atoms with Crippen molar-refractivity contribution < 1.29 is 29.1 Å². The average molecular weight is 478 g/mol. The Kier molecular flexibility index (Phi) is 12.3. The Morgan fingerprint density at radius 1 is 1.10 bits per heavy atom. The van der Waals surface area contributed by atoms with Gasteiger partial charge in [0.1, 0.15) is 18.1 Å². The molecule has 4 unspecified atom stereocenters. The molecule has 1 aliphatic rings. The van der Waals surface area contributed by atoms with Crippen molar-refractivity contribution in [3.05, 3.63) is 0 Å². The molecular weight excluding hydrogens is 446 g/mol. The van der Waals surface area contributed by atoms with Gasteiger partial charge in [-0.25, -0.2) is 4.79 Å². The van der Waals surface area contributed by atoms with Gasteiger partial charge in [-0.2, -0.15) is 24.4 Å². The molecule has 4 atom stereocenters. The molecule has 7 N–H and O–H groups in total. The van der Waals surface area contributed by atoms with Crippen LogP contribution < -0.4 is 27.0 Å². The lowest BCUT2D eigenvalue weighted by atomic mass is 10.1. The topological polar surface area (TPSA) is 180 Å². The van der Waals surface area contributed by atoms with Crippen LogP contribution in [0.4, 0.5) is 0 Å². The Labute approximate surface area is 190 Å². The van der Waals surface area contributed by atoms with E-state index in [1.54, 1.807) is 0 Å². The molecule has 0 bridgehead atoms. The molecular formula is C18H31N5O6S2. The normalized spacial score (nSPS) is 18.5. The van der Waals surface area contributed by atoms with Gasteiger partial charge in [-0.05, 0) is 44.2 Å². The summed E-state index contributed by atoms with van der Waals surface area (Å²) in [6.45, 7) is 0.715. The van der Waals surface area contributed by atoms with Crippen LogP contribution in [0, 0.1) is 0 Å². The summed E-state index contributed by atoms with van der Waals surface area (Å²) in [6.07, 6.45) is 3.21. The number of primary amides is 1. The number of hydrogen-bond acceptors (Lipinski definition) is 8. The second kappa shape index (κ2) is 14.1. The number of nitrogens with one attached hydrogen (secondary N) is 4. The molecule has 0 aromatic carbocycles. The summed E-state index contributed by atoms with van der Waals surface area (Å²) in [5.41, 5.74) is 5.15. The molecule has 0 saturated carbocycles. The molecule has 176 valence electrons. The van der Waals surface area contributed by atoms with Crippen molar-refractivity contribution in [3.8, 4) is 0 Å². The van der Waals surface area contributed by atoms with Crippen LogP contribution >= 0.6 is 24.4 Å². The average Bonchev–Trinajstić information content (AvgIpc) is 3.26. The molecule has 0 spiro atoms. The van der Waals surface area contributed by atoms with Crippen molar-refractivity contribution in [1.82, 2.24) is 21.3 Å². The van der Waals surface area contributed by atoms with E-state index in [2.05, 4.69) is 33.9 Å². The molecule has 1 heterocycles. The number of carboxylic acids is 1. The highest BCUT2D eigenvalue weighted by atomic mass is 32.2. The maximum Gasteiger partial charge on any atom is 0.326 e. The van der Waals surface area contributed by atoms with E-state index in [0.717, 1.165) is 6.42 Å². The predicted octanol–water partition coefficient (Wildman–Crippen LogP) is -1.77. The molecule has 13 heteroatoms. The Morgan fingerprint density at radius 3 is 2.26 bits per heavy atom. The van der Waals surface area contributed by atoms with Gasteiger partial charge in [0.05, 0.1) is 6.04 Å². The minimum atomic E-state index is -1.20. The molecule has 0 radical (unpaired) electrons. The minimum absolute atomic E-state index is 0.0140. The van der Waals surface area contributed by atoms with E-state index in [1.165, 1.54) is 11.8 Å². The molecule has 31 heavy (non-hydrogen) atoms. The number of rotatable bonds is 14. The van der Waals surface area contributed by atoms with E-state index in [9.17, 15) is 29.1 Å². The quantitative estimate of drug-likeness (QED) is 0.144. The Balaban J connectivity index is 2.81. The van der Waals surface area contributed by atoms with E-state index < -0.39 is 47.9 Å². The highest BCUT2D eigenvalue weighted by molar-refractivity contribution is 7.98. The second-order valence-electron chi connectivity index (χ2n) is 7.14. The SMILES string of the molecule is CSCCC(NC(=O)C(CCC(N)=O)NC(=O)C(CS)NC(=O)C1CCCN1)C(=O)O. The van der Waals surface area contributed by atoms with Gasteiger partial charge in [-0.3, -0.25) is 19.2 Å². The number of carbonyl (C=O) groups is 5. The summed E-state index contributed by atoms with van der Waals surface area (Å²) in [5.74, 6) is -3.12. The van der Waals surface area contributed by atoms with E-state index in [4.69, 9.17) is 5.73 Å². The van der Waals surface area contributed by atoms with Gasteiger partial charge in [0.2, 0.25) is 23.6 Å². The molecule has 1 rings (SSSR count). The van der Waals surface area contributed by atoms with Crippen LogP contribution in [-0.4, -0.2) is 83.2 Å². The first-order chi connectivity index (χ1) is 14.7. The van der Waals surface area contributed by atoms with E-state index in [-0.39, 0.29) is 30.9 Å². The van der Waals surface area contributed by atoms with Crippen molar-refractivity contribution in [3.63, 3.8) is 0 Å². The first kappa shape index (κ1) is 27.0. The van der Waals surface area contributed by atoms with Gasteiger partial charge >= 0.3 is 5.97 Å². The molecule has 0 aromatic heterocycles. The van der Waals surface area contributed by atoms with Crippen molar-refractivity contribution in [2.75, 3.05) is 24.3 Å². The predicted molar refractivity (Wildman–Crippen MR) is 120 cm³/mol. The fraction of sp³-hybridized carbons (Fsp3) is 0.722. The number of amides is 4. The maximum absolute atomic E-state index is 12.7. The number of nitrogens with two attached hydrogens (primary N) is 1. The fourth-order valence-electron chi connectivity index (χ4n) is 2.97. The number of aliphatic carboxylic acids is 1. The number of carbonyl (C=O) groups excluding carboxylic acids is 4. The lowest BCUT2D eigenvalue weighted by Crippen LogP contribution is -2.57. The Morgan fingerprint density at radius 2 is 1.74 bits per heavy atom. The van der Waals surface area contributed by atoms with Gasteiger partial charge in [-0.15, -0.1) is 0 Å². The minimum Gasteiger partial charge on any atom is -0.480 e. The molecule has 1 aliphatic heterocycles. The van der Waals surface area contributed by atoms with Gasteiger partial charge in [-0.1, -0.05) is 0 Å². The van der Waals surface area contributed by atoms with Crippen LogP contribution in [0.2, 0.25) is 0 Å². The third kappa shape index (κ3) is 9.78. The first-order valence-electron chi connectivity index (χ1n) is 9.95. The zero-order valence-corrected chi connectivity index (χ0v) is 19.1. The first-order valence-corrected chi connectivity index (χ1v) is 12.0. The highest BCUT2D eigenvalue weighted by Crippen LogP contribution is 2.07. The lowest BCUT2D eigenvalue weighted by Gasteiger charge is -2.24. The van der Waals surface area contributed by atoms with Crippen molar-refractivity contribution in [1.29, 1.82) is 0 Å². The van der Waals surface area contributed by atoms with Crippen molar-refractivity contribution >= 4 is 54.0 Å². The van der Waals surface area contributed by atoms with E-state index in [1.807, 2.05) is 6.26 Å². The van der Waals surface area contributed by atoms with E-state index >= 15 is 0 Å². The van der Waals surface area contributed by atoms with Crippen LogP contribution in [0.1, 0.15) is 32.1 Å². The van der Waals surface area contributed by atoms with Crippen molar-refractivity contribution in [2.24, 2.45) is 5.73 Å². The lowest BCUT2D eigenvalue weighted by molar-refractivity contribution is -0.142. The highest BCUT2D eigenvalue weighted by Gasteiger charge is 2.31. The summed E-state index contributed by atoms with van der Waals surface area (Å²) in [5, 5.41) is 19.8. The van der Waals surface area contributed by atoms with Crippen LogP contribution in [0.5, 0.6) is 0 Å². The monoisotopic (exact) mass is 477 g/mol. The molecule has 0 aliphatic carbocycles.